The van der Waals surface area contributed by atoms with Crippen molar-refractivity contribution in [2.75, 3.05) is 14.2 Å². The van der Waals surface area contributed by atoms with E-state index >= 15 is 0 Å². The van der Waals surface area contributed by atoms with Gasteiger partial charge in [-0.3, -0.25) is 4.79 Å². The highest BCUT2D eigenvalue weighted by Crippen LogP contribution is 2.24. The molecule has 2 rings (SSSR count). The summed E-state index contributed by atoms with van der Waals surface area (Å²) in [5.74, 6) is 0.198. The highest BCUT2D eigenvalue weighted by atomic mass is 32.1. The van der Waals surface area contributed by atoms with Crippen LogP contribution in [-0.2, 0) is 6.54 Å². The van der Waals surface area contributed by atoms with Crippen LogP contribution in [0, 0.1) is 0 Å². The molecule has 2 aromatic rings. The van der Waals surface area contributed by atoms with Gasteiger partial charge in [-0.15, -0.1) is 11.3 Å². The third-order valence-electron chi connectivity index (χ3n) is 2.66. The van der Waals surface area contributed by atoms with Gasteiger partial charge >= 0.3 is 0 Å². The standard InChI is InChI=1S/C13H14N2O3S/c1-15(6-9-7-19-8-14-9)13(17)11-5-10(18-2)3-4-12(11)16/h3-5,7-8,16H,6H2,1-2H3. The Bertz CT molecular complexity index is 569. The van der Waals surface area contributed by atoms with Gasteiger partial charge in [-0.25, -0.2) is 4.98 Å². The molecule has 1 N–H and O–H groups in total. The van der Waals surface area contributed by atoms with Crippen molar-refractivity contribution in [3.63, 3.8) is 0 Å². The summed E-state index contributed by atoms with van der Waals surface area (Å²) in [4.78, 5) is 17.9. The predicted molar refractivity (Wildman–Crippen MR) is 72.6 cm³/mol. The molecule has 6 heteroatoms. The first kappa shape index (κ1) is 13.4. The van der Waals surface area contributed by atoms with E-state index in [1.807, 2.05) is 5.38 Å². The fourth-order valence-corrected chi connectivity index (χ4v) is 2.20. The summed E-state index contributed by atoms with van der Waals surface area (Å²) < 4.78 is 5.05. The quantitative estimate of drug-likeness (QED) is 0.930. The summed E-state index contributed by atoms with van der Waals surface area (Å²) in [6.07, 6.45) is 0. The molecule has 0 aliphatic heterocycles. The Labute approximate surface area is 115 Å². The molecule has 1 heterocycles. The number of nitrogens with zero attached hydrogens (tertiary/aromatic N) is 2. The molecule has 0 spiro atoms. The zero-order valence-electron chi connectivity index (χ0n) is 10.7. The zero-order chi connectivity index (χ0) is 13.8. The van der Waals surface area contributed by atoms with Crippen LogP contribution in [0.25, 0.3) is 0 Å². The molecule has 0 radical (unpaired) electrons. The number of amides is 1. The summed E-state index contributed by atoms with van der Waals surface area (Å²) in [6.45, 7) is 0.402. The Kier molecular flexibility index (Phi) is 4.01. The molecule has 0 saturated heterocycles. The summed E-state index contributed by atoms with van der Waals surface area (Å²) in [6, 6.07) is 4.57. The third-order valence-corrected chi connectivity index (χ3v) is 3.30. The maximum absolute atomic E-state index is 12.2. The van der Waals surface area contributed by atoms with Crippen LogP contribution in [0.2, 0.25) is 0 Å². The Morgan fingerprint density at radius 2 is 2.32 bits per heavy atom. The molecule has 1 aromatic heterocycles. The van der Waals surface area contributed by atoms with Crippen LogP contribution in [0.15, 0.2) is 29.1 Å². The van der Waals surface area contributed by atoms with E-state index in [1.54, 1.807) is 18.6 Å². The van der Waals surface area contributed by atoms with Gasteiger partial charge in [-0.05, 0) is 18.2 Å². The summed E-state index contributed by atoms with van der Waals surface area (Å²) in [5, 5.41) is 11.6. The second-order valence-electron chi connectivity index (χ2n) is 4.02. The van der Waals surface area contributed by atoms with Gasteiger partial charge in [0.25, 0.3) is 5.91 Å². The minimum Gasteiger partial charge on any atom is -0.507 e. The number of ether oxygens (including phenoxy) is 1. The van der Waals surface area contributed by atoms with Gasteiger partial charge in [0.15, 0.2) is 0 Å². The maximum atomic E-state index is 12.2. The first-order chi connectivity index (χ1) is 9.11. The molecular weight excluding hydrogens is 264 g/mol. The highest BCUT2D eigenvalue weighted by Gasteiger charge is 2.17. The van der Waals surface area contributed by atoms with Gasteiger partial charge < -0.3 is 14.7 Å². The van der Waals surface area contributed by atoms with Crippen molar-refractivity contribution in [1.82, 2.24) is 9.88 Å². The number of rotatable bonds is 4. The van der Waals surface area contributed by atoms with E-state index in [1.165, 1.54) is 35.5 Å². The normalized spacial score (nSPS) is 10.2. The Balaban J connectivity index is 2.18. The molecule has 19 heavy (non-hydrogen) atoms. The van der Waals surface area contributed by atoms with Gasteiger partial charge in [0.05, 0.1) is 30.4 Å². The monoisotopic (exact) mass is 278 g/mol. The minimum absolute atomic E-state index is 0.0593. The molecule has 0 aliphatic carbocycles. The van der Waals surface area contributed by atoms with Crippen LogP contribution in [0.5, 0.6) is 11.5 Å². The number of hydrogen-bond acceptors (Lipinski definition) is 5. The lowest BCUT2D eigenvalue weighted by atomic mass is 10.1. The van der Waals surface area contributed by atoms with Crippen LogP contribution in [0.4, 0.5) is 0 Å². The number of phenolic OH excluding ortho intramolecular Hbond substituents is 1. The first-order valence-corrected chi connectivity index (χ1v) is 6.55. The van der Waals surface area contributed by atoms with Gasteiger partial charge in [0.2, 0.25) is 0 Å². The molecule has 5 nitrogen and oxygen atoms in total. The van der Waals surface area contributed by atoms with E-state index in [9.17, 15) is 9.90 Å². The van der Waals surface area contributed by atoms with Crippen LogP contribution < -0.4 is 4.74 Å². The fraction of sp³-hybridized carbons (Fsp3) is 0.231. The van der Waals surface area contributed by atoms with E-state index in [0.717, 1.165) is 5.69 Å². The van der Waals surface area contributed by atoms with E-state index in [0.29, 0.717) is 12.3 Å². The molecule has 0 aliphatic rings. The number of methoxy groups -OCH3 is 1. The number of aromatic hydroxyl groups is 1. The summed E-state index contributed by atoms with van der Waals surface area (Å²) in [5.41, 5.74) is 2.76. The molecular formula is C13H14N2O3S. The smallest absolute Gasteiger partial charge is 0.257 e. The van der Waals surface area contributed by atoms with Crippen molar-refractivity contribution in [3.05, 3.63) is 40.3 Å². The maximum Gasteiger partial charge on any atom is 0.257 e. The molecule has 0 unspecified atom stereocenters. The topological polar surface area (TPSA) is 62.7 Å². The number of phenols is 1. The SMILES string of the molecule is COc1ccc(O)c(C(=O)N(C)Cc2cscn2)c1. The minimum atomic E-state index is -0.274. The van der Waals surface area contributed by atoms with E-state index in [-0.39, 0.29) is 17.2 Å². The molecule has 1 amide bonds. The van der Waals surface area contributed by atoms with Crippen LogP contribution >= 0.6 is 11.3 Å². The van der Waals surface area contributed by atoms with Crippen molar-refractivity contribution in [2.24, 2.45) is 0 Å². The Hall–Kier alpha value is -2.08. The average Bonchev–Trinajstić information content (AvgIpc) is 2.91. The number of carbonyl (C=O) groups excluding carboxylic acids is 1. The fourth-order valence-electron chi connectivity index (χ4n) is 1.65. The Morgan fingerprint density at radius 1 is 1.53 bits per heavy atom. The second kappa shape index (κ2) is 5.71. The number of aromatic nitrogens is 1. The lowest BCUT2D eigenvalue weighted by Gasteiger charge is -2.17. The number of thiazole rings is 1. The zero-order valence-corrected chi connectivity index (χ0v) is 11.5. The van der Waals surface area contributed by atoms with Gasteiger partial charge in [0, 0.05) is 12.4 Å². The molecule has 0 bridgehead atoms. The van der Waals surface area contributed by atoms with Gasteiger partial charge in [-0.2, -0.15) is 0 Å². The highest BCUT2D eigenvalue weighted by molar-refractivity contribution is 7.07. The van der Waals surface area contributed by atoms with E-state index in [4.69, 9.17) is 4.74 Å². The van der Waals surface area contributed by atoms with Crippen molar-refractivity contribution >= 4 is 17.2 Å². The lowest BCUT2D eigenvalue weighted by Crippen LogP contribution is -2.26. The Morgan fingerprint density at radius 3 is 2.95 bits per heavy atom. The largest absolute Gasteiger partial charge is 0.507 e. The van der Waals surface area contributed by atoms with Crippen molar-refractivity contribution in [1.29, 1.82) is 0 Å². The van der Waals surface area contributed by atoms with Crippen LogP contribution in [0.3, 0.4) is 0 Å². The average molecular weight is 278 g/mol. The predicted octanol–water partition coefficient (Wildman–Crippen LogP) is 2.13. The number of carbonyl (C=O) groups is 1. The summed E-state index contributed by atoms with van der Waals surface area (Å²) in [7, 11) is 3.18. The molecule has 0 atom stereocenters. The van der Waals surface area contributed by atoms with Crippen molar-refractivity contribution < 1.29 is 14.6 Å². The summed E-state index contributed by atoms with van der Waals surface area (Å²) >= 11 is 1.48. The molecule has 100 valence electrons. The van der Waals surface area contributed by atoms with E-state index < -0.39 is 0 Å². The third kappa shape index (κ3) is 3.03. The number of benzene rings is 1. The second-order valence-corrected chi connectivity index (χ2v) is 4.74. The molecule has 0 saturated carbocycles. The van der Waals surface area contributed by atoms with Crippen LogP contribution in [-0.4, -0.2) is 35.1 Å². The van der Waals surface area contributed by atoms with Crippen molar-refractivity contribution in [2.45, 2.75) is 6.54 Å². The van der Waals surface area contributed by atoms with Gasteiger partial charge in [-0.1, -0.05) is 0 Å². The van der Waals surface area contributed by atoms with Gasteiger partial charge in [0.1, 0.15) is 11.5 Å². The number of hydrogen-bond donors (Lipinski definition) is 1. The molecule has 1 aromatic carbocycles. The molecule has 0 fully saturated rings. The lowest BCUT2D eigenvalue weighted by molar-refractivity contribution is 0.0780. The van der Waals surface area contributed by atoms with E-state index in [2.05, 4.69) is 4.98 Å². The van der Waals surface area contributed by atoms with Crippen molar-refractivity contribution in [3.8, 4) is 11.5 Å². The first-order valence-electron chi connectivity index (χ1n) is 5.61. The van der Waals surface area contributed by atoms with Crippen LogP contribution in [0.1, 0.15) is 16.1 Å².